The van der Waals surface area contributed by atoms with Crippen LogP contribution in [0.3, 0.4) is 0 Å². The zero-order valence-corrected chi connectivity index (χ0v) is 22.5. The second-order valence-electron chi connectivity index (χ2n) is 8.07. The van der Waals surface area contributed by atoms with E-state index in [-0.39, 0.29) is 16.8 Å². The van der Waals surface area contributed by atoms with Crippen molar-refractivity contribution in [2.24, 2.45) is 5.16 Å². The van der Waals surface area contributed by atoms with Gasteiger partial charge in [-0.3, -0.25) is 9.52 Å². The van der Waals surface area contributed by atoms with Gasteiger partial charge < -0.3 is 4.84 Å². The molecule has 0 bridgehead atoms. The summed E-state index contributed by atoms with van der Waals surface area (Å²) in [6.45, 7) is 1.58. The molecule has 1 amide bonds. The highest BCUT2D eigenvalue weighted by atomic mass is 79.9. The highest BCUT2D eigenvalue weighted by Gasteiger charge is 2.62. The maximum Gasteiger partial charge on any atom is 0.435 e. The molecule has 37 heavy (non-hydrogen) atoms. The molecule has 0 aromatic heterocycles. The summed E-state index contributed by atoms with van der Waals surface area (Å²) in [4.78, 5) is 18.0. The van der Waals surface area contributed by atoms with E-state index in [9.17, 15) is 26.6 Å². The zero-order valence-electron chi connectivity index (χ0n) is 18.6. The molecule has 5 nitrogen and oxygen atoms in total. The van der Waals surface area contributed by atoms with Gasteiger partial charge in [0.1, 0.15) is 0 Å². The Hall–Kier alpha value is -2.47. The predicted octanol–water partition coefficient (Wildman–Crippen LogP) is 7.24. The van der Waals surface area contributed by atoms with Crippen molar-refractivity contribution in [2.75, 3.05) is 0 Å². The Morgan fingerprint density at radius 2 is 1.73 bits per heavy atom. The maximum absolute atomic E-state index is 14.2. The zero-order chi connectivity index (χ0) is 27.1. The number of halogens is 7. The summed E-state index contributed by atoms with van der Waals surface area (Å²) in [6.07, 6.45) is -5.69. The lowest BCUT2D eigenvalue weighted by molar-refractivity contribution is -0.275. The van der Waals surface area contributed by atoms with Crippen molar-refractivity contribution in [3.05, 3.63) is 97.2 Å². The normalized spacial score (nSPS) is 18.2. The number of oxime groups is 1. The average molecular weight is 638 g/mol. The lowest BCUT2D eigenvalue weighted by Crippen LogP contribution is -2.42. The van der Waals surface area contributed by atoms with Gasteiger partial charge in [0.25, 0.3) is 11.5 Å². The number of carbonyl (C=O) groups is 1. The van der Waals surface area contributed by atoms with Gasteiger partial charge in [-0.15, -0.1) is 0 Å². The van der Waals surface area contributed by atoms with Crippen LogP contribution in [0.1, 0.15) is 33.5 Å². The number of nitrogens with zero attached hydrogens (tertiary/aromatic N) is 1. The van der Waals surface area contributed by atoms with Crippen LogP contribution in [0.2, 0.25) is 10.0 Å². The van der Waals surface area contributed by atoms with E-state index in [0.717, 1.165) is 16.6 Å². The fourth-order valence-electron chi connectivity index (χ4n) is 3.70. The largest absolute Gasteiger partial charge is 0.435 e. The third-order valence-corrected chi connectivity index (χ3v) is 7.80. The first kappa shape index (κ1) is 27.6. The quantitative estimate of drug-likeness (QED) is 0.237. The lowest BCUT2D eigenvalue weighted by Gasteiger charge is -2.29. The Kier molecular flexibility index (Phi) is 7.72. The third kappa shape index (κ3) is 5.41. The van der Waals surface area contributed by atoms with Crippen LogP contribution in [0.25, 0.3) is 0 Å². The number of hydrogen-bond donors (Lipinski definition) is 1. The molecule has 0 aliphatic carbocycles. The number of nitrogens with one attached hydrogen (secondary N) is 1. The number of rotatable bonds is 5. The minimum Gasteiger partial charge on any atom is -0.374 e. The fraction of sp³-hybridized carbons (Fsp3) is 0.167. The van der Waals surface area contributed by atoms with E-state index in [1.165, 1.54) is 18.2 Å². The van der Waals surface area contributed by atoms with Gasteiger partial charge in [-0.05, 0) is 66.6 Å². The third-order valence-electron chi connectivity index (χ3n) is 5.65. The molecular weight excluding hydrogens is 623 g/mol. The molecule has 2 unspecified atom stereocenters. The topological polar surface area (TPSA) is 67.8 Å². The van der Waals surface area contributed by atoms with Crippen LogP contribution in [0.4, 0.5) is 17.6 Å². The highest BCUT2D eigenvalue weighted by molar-refractivity contribution is 9.10. The number of hydrogen-bond acceptors (Lipinski definition) is 4. The molecule has 1 aliphatic heterocycles. The van der Waals surface area contributed by atoms with E-state index in [1.807, 2.05) is 0 Å². The standard InChI is InChI=1S/C24H15BrCl2F4N2O3S/c1-12-8-13(2-7-17(12)22(34)33-37(35)16-5-3-15(25)4-6-16)20-11-23(36-32-20,24(29,30)31)14-9-18(26)21(28)19(27)10-14/h2-10H,11H2,1H3,(H,33,34). The summed E-state index contributed by atoms with van der Waals surface area (Å²) in [5, 5.41) is 2.48. The molecule has 0 radical (unpaired) electrons. The molecule has 13 heteroatoms. The van der Waals surface area contributed by atoms with Crippen molar-refractivity contribution in [1.29, 1.82) is 0 Å². The van der Waals surface area contributed by atoms with Crippen LogP contribution >= 0.6 is 39.1 Å². The summed E-state index contributed by atoms with van der Waals surface area (Å²) in [6, 6.07) is 12.4. The number of amides is 1. The second-order valence-corrected chi connectivity index (χ2v) is 11.0. The van der Waals surface area contributed by atoms with E-state index in [4.69, 9.17) is 28.0 Å². The van der Waals surface area contributed by atoms with Gasteiger partial charge in [0.2, 0.25) is 0 Å². The molecule has 0 saturated heterocycles. The van der Waals surface area contributed by atoms with Gasteiger partial charge in [-0.2, -0.15) is 13.2 Å². The monoisotopic (exact) mass is 636 g/mol. The predicted molar refractivity (Wildman–Crippen MR) is 136 cm³/mol. The Labute approximate surface area is 229 Å². The Balaban J connectivity index is 1.58. The summed E-state index contributed by atoms with van der Waals surface area (Å²) in [5.41, 5.74) is -2.64. The van der Waals surface area contributed by atoms with Crippen LogP contribution in [-0.2, 0) is 21.4 Å². The highest BCUT2D eigenvalue weighted by Crippen LogP contribution is 2.50. The van der Waals surface area contributed by atoms with Crippen LogP contribution < -0.4 is 4.72 Å². The second kappa shape index (κ2) is 10.4. The molecule has 3 aromatic rings. The van der Waals surface area contributed by atoms with Gasteiger partial charge in [-0.1, -0.05) is 50.4 Å². The lowest BCUT2D eigenvalue weighted by atomic mass is 9.86. The first-order valence-corrected chi connectivity index (χ1v) is 13.1. The number of alkyl halides is 3. The molecule has 0 saturated carbocycles. The van der Waals surface area contributed by atoms with E-state index in [2.05, 4.69) is 25.8 Å². The van der Waals surface area contributed by atoms with E-state index >= 15 is 0 Å². The molecule has 4 rings (SSSR count). The van der Waals surface area contributed by atoms with Crippen molar-refractivity contribution >= 4 is 61.7 Å². The molecule has 3 aromatic carbocycles. The average Bonchev–Trinajstić information content (AvgIpc) is 3.29. The van der Waals surface area contributed by atoms with Crippen molar-refractivity contribution in [3.63, 3.8) is 0 Å². The smallest absolute Gasteiger partial charge is 0.374 e. The minimum atomic E-state index is -4.95. The van der Waals surface area contributed by atoms with Crippen LogP contribution in [0.15, 0.2) is 69.1 Å². The molecule has 1 N–H and O–H groups in total. The van der Waals surface area contributed by atoms with Crippen molar-refractivity contribution < 1.29 is 31.4 Å². The van der Waals surface area contributed by atoms with E-state index in [0.29, 0.717) is 10.5 Å². The Bertz CT molecular complexity index is 1430. The van der Waals surface area contributed by atoms with Gasteiger partial charge in [0.05, 0.1) is 20.7 Å². The molecule has 0 spiro atoms. The van der Waals surface area contributed by atoms with Crippen molar-refractivity contribution in [3.8, 4) is 0 Å². The SMILES string of the molecule is Cc1cc(C2=NOC(c3cc(Cl)c(F)c(Cl)c3)(C(F)(F)F)C2)ccc1C(=O)NS(=O)c1ccc(Br)cc1. The van der Waals surface area contributed by atoms with Crippen molar-refractivity contribution in [1.82, 2.24) is 4.72 Å². The summed E-state index contributed by atoms with van der Waals surface area (Å²) in [7, 11) is -1.82. The molecule has 0 fully saturated rings. The molecule has 1 heterocycles. The van der Waals surface area contributed by atoms with E-state index < -0.39 is 56.5 Å². The number of aryl methyl sites for hydroxylation is 1. The first-order chi connectivity index (χ1) is 17.3. The molecule has 1 aliphatic rings. The van der Waals surface area contributed by atoms with Crippen molar-refractivity contribution in [2.45, 2.75) is 30.0 Å². The summed E-state index contributed by atoms with van der Waals surface area (Å²) < 4.78 is 72.2. The van der Waals surface area contributed by atoms with Gasteiger partial charge in [-0.25, -0.2) is 8.60 Å². The van der Waals surface area contributed by atoms with Gasteiger partial charge in [0.15, 0.2) is 16.8 Å². The fourth-order valence-corrected chi connectivity index (χ4v) is 5.23. The number of carbonyl (C=O) groups excluding carboxylic acids is 1. The molecule has 194 valence electrons. The van der Waals surface area contributed by atoms with Crippen LogP contribution in [-0.4, -0.2) is 22.0 Å². The van der Waals surface area contributed by atoms with Gasteiger partial charge >= 0.3 is 6.18 Å². The molecule has 2 atom stereocenters. The first-order valence-electron chi connectivity index (χ1n) is 10.4. The van der Waals surface area contributed by atoms with Crippen LogP contribution in [0.5, 0.6) is 0 Å². The van der Waals surface area contributed by atoms with E-state index in [1.54, 1.807) is 31.2 Å². The van der Waals surface area contributed by atoms with Gasteiger partial charge in [0, 0.05) is 22.0 Å². The Morgan fingerprint density at radius 3 is 2.30 bits per heavy atom. The Morgan fingerprint density at radius 1 is 1.11 bits per heavy atom. The molecular formula is C24H15BrCl2F4N2O3S. The maximum atomic E-state index is 14.2. The summed E-state index contributed by atoms with van der Waals surface area (Å²) in [5.74, 6) is -1.68. The number of benzene rings is 3. The summed E-state index contributed by atoms with van der Waals surface area (Å²) >= 11 is 14.7. The van der Waals surface area contributed by atoms with Crippen LogP contribution in [0, 0.1) is 12.7 Å². The minimum absolute atomic E-state index is 0.0533.